The highest BCUT2D eigenvalue weighted by molar-refractivity contribution is 5.45. The van der Waals surface area contributed by atoms with E-state index in [1.165, 1.54) is 11.1 Å². The minimum absolute atomic E-state index is 0.0269. The van der Waals surface area contributed by atoms with Gasteiger partial charge in [-0.2, -0.15) is 0 Å². The summed E-state index contributed by atoms with van der Waals surface area (Å²) in [5.74, 6) is 0.849. The van der Waals surface area contributed by atoms with Crippen LogP contribution in [-0.2, 0) is 21.5 Å². The van der Waals surface area contributed by atoms with Gasteiger partial charge in [-0.05, 0) is 17.0 Å². The second-order valence-corrected chi connectivity index (χ2v) is 7.91. The van der Waals surface area contributed by atoms with Crippen molar-refractivity contribution in [1.29, 1.82) is 0 Å². The summed E-state index contributed by atoms with van der Waals surface area (Å²) in [7, 11) is 0. The molecule has 3 atom stereocenters. The molecule has 1 heterocycles. The molecule has 1 aliphatic carbocycles. The fourth-order valence-corrected chi connectivity index (χ4v) is 4.21. The Morgan fingerprint density at radius 3 is 2.29 bits per heavy atom. The molecular weight excluding hydrogens is 260 g/mol. The van der Waals surface area contributed by atoms with Crippen LogP contribution in [0.5, 0.6) is 0 Å². The van der Waals surface area contributed by atoms with Crippen molar-refractivity contribution in [2.75, 3.05) is 0 Å². The third-order valence-electron chi connectivity index (χ3n) is 5.39. The van der Waals surface area contributed by atoms with Gasteiger partial charge in [-0.15, -0.1) is 0 Å². The molecule has 116 valence electrons. The van der Waals surface area contributed by atoms with E-state index >= 15 is 0 Å². The Hall–Kier alpha value is -0.860. The lowest BCUT2D eigenvalue weighted by atomic mass is 9.55. The maximum absolute atomic E-state index is 6.57. The molecule has 1 aromatic carbocycles. The first-order valence-corrected chi connectivity index (χ1v) is 8.21. The average Bonchev–Trinajstić information content (AvgIpc) is 2.37. The second-order valence-electron chi connectivity index (χ2n) is 7.91. The standard InChI is InChI=1S/C19H28O2/c1-12(2)16-18(5,6)19(21-17(20-16)13(3)4)11-14-9-7-8-10-15(14)19/h7-10,12-13,16-17H,11H2,1-6H3/t16-,17?,19+/m1/s1. The van der Waals surface area contributed by atoms with Crippen LogP contribution in [0, 0.1) is 17.3 Å². The van der Waals surface area contributed by atoms with Gasteiger partial charge in [0.2, 0.25) is 0 Å². The number of fused-ring (bicyclic) bond motifs is 2. The number of ether oxygens (including phenoxy) is 2. The monoisotopic (exact) mass is 288 g/mol. The average molecular weight is 288 g/mol. The van der Waals surface area contributed by atoms with Crippen LogP contribution in [0.15, 0.2) is 24.3 Å². The SMILES string of the molecule is CC(C)C1O[C@H](C(C)C)C(C)(C)[C@@]2(Cc3ccccc32)O1. The number of benzene rings is 1. The van der Waals surface area contributed by atoms with E-state index < -0.39 is 0 Å². The summed E-state index contributed by atoms with van der Waals surface area (Å²) >= 11 is 0. The smallest absolute Gasteiger partial charge is 0.161 e. The van der Waals surface area contributed by atoms with Gasteiger partial charge in [0.1, 0.15) is 5.60 Å². The molecule has 1 fully saturated rings. The van der Waals surface area contributed by atoms with Crippen LogP contribution >= 0.6 is 0 Å². The van der Waals surface area contributed by atoms with Gasteiger partial charge >= 0.3 is 0 Å². The Kier molecular flexibility index (Phi) is 3.46. The maximum atomic E-state index is 6.57. The molecule has 0 amide bonds. The summed E-state index contributed by atoms with van der Waals surface area (Å²) < 4.78 is 12.9. The predicted octanol–water partition coefficient (Wildman–Crippen LogP) is 4.52. The largest absolute Gasteiger partial charge is 0.348 e. The normalized spacial score (nSPS) is 34.1. The third kappa shape index (κ3) is 1.99. The van der Waals surface area contributed by atoms with Crippen LogP contribution in [0.2, 0.25) is 0 Å². The molecule has 1 spiro atoms. The molecule has 0 aromatic heterocycles. The molecule has 0 radical (unpaired) electrons. The number of hydrogen-bond donors (Lipinski definition) is 0. The molecule has 2 heteroatoms. The number of hydrogen-bond acceptors (Lipinski definition) is 2. The van der Waals surface area contributed by atoms with Crippen molar-refractivity contribution >= 4 is 0 Å². The molecule has 1 unspecified atom stereocenters. The zero-order chi connectivity index (χ0) is 15.4. The third-order valence-corrected chi connectivity index (χ3v) is 5.39. The van der Waals surface area contributed by atoms with E-state index in [9.17, 15) is 0 Å². The van der Waals surface area contributed by atoms with E-state index in [2.05, 4.69) is 65.8 Å². The molecule has 2 nitrogen and oxygen atoms in total. The molecule has 1 saturated heterocycles. The van der Waals surface area contributed by atoms with Gasteiger partial charge < -0.3 is 9.47 Å². The van der Waals surface area contributed by atoms with Crippen molar-refractivity contribution in [2.24, 2.45) is 17.3 Å². The van der Waals surface area contributed by atoms with Gasteiger partial charge in [-0.25, -0.2) is 0 Å². The molecular formula is C19H28O2. The predicted molar refractivity (Wildman–Crippen MR) is 85.0 cm³/mol. The van der Waals surface area contributed by atoms with E-state index in [0.717, 1.165) is 6.42 Å². The van der Waals surface area contributed by atoms with Crippen molar-refractivity contribution < 1.29 is 9.47 Å². The van der Waals surface area contributed by atoms with Crippen LogP contribution in [-0.4, -0.2) is 12.4 Å². The van der Waals surface area contributed by atoms with Crippen molar-refractivity contribution in [1.82, 2.24) is 0 Å². The molecule has 1 aromatic rings. The van der Waals surface area contributed by atoms with Gasteiger partial charge in [0, 0.05) is 17.8 Å². The van der Waals surface area contributed by atoms with Gasteiger partial charge in [-0.3, -0.25) is 0 Å². The molecule has 1 aliphatic heterocycles. The fourth-order valence-electron chi connectivity index (χ4n) is 4.21. The van der Waals surface area contributed by atoms with E-state index in [-0.39, 0.29) is 23.4 Å². The van der Waals surface area contributed by atoms with Gasteiger partial charge in [0.25, 0.3) is 0 Å². The van der Waals surface area contributed by atoms with Crippen molar-refractivity contribution in [2.45, 2.75) is 66.0 Å². The van der Waals surface area contributed by atoms with Crippen LogP contribution in [0.4, 0.5) is 0 Å². The van der Waals surface area contributed by atoms with Crippen LogP contribution in [0.25, 0.3) is 0 Å². The molecule has 0 N–H and O–H groups in total. The highest BCUT2D eigenvalue weighted by Gasteiger charge is 2.62. The quantitative estimate of drug-likeness (QED) is 0.796. The summed E-state index contributed by atoms with van der Waals surface area (Å²) in [6, 6.07) is 8.71. The minimum atomic E-state index is -0.189. The summed E-state index contributed by atoms with van der Waals surface area (Å²) in [4.78, 5) is 0. The Labute approximate surface area is 128 Å². The molecule has 0 saturated carbocycles. The lowest BCUT2D eigenvalue weighted by molar-refractivity contribution is -0.367. The molecule has 0 bridgehead atoms. The fraction of sp³-hybridized carbons (Fsp3) is 0.684. The topological polar surface area (TPSA) is 18.5 Å². The zero-order valence-electron chi connectivity index (χ0n) is 14.1. The highest BCUT2D eigenvalue weighted by atomic mass is 16.7. The van der Waals surface area contributed by atoms with E-state index in [4.69, 9.17) is 9.47 Å². The minimum Gasteiger partial charge on any atom is -0.348 e. The first-order valence-electron chi connectivity index (χ1n) is 8.21. The van der Waals surface area contributed by atoms with Gasteiger partial charge in [0.05, 0.1) is 6.10 Å². The zero-order valence-corrected chi connectivity index (χ0v) is 14.1. The van der Waals surface area contributed by atoms with Crippen molar-refractivity contribution in [3.63, 3.8) is 0 Å². The summed E-state index contributed by atoms with van der Waals surface area (Å²) in [5.41, 5.74) is 2.58. The van der Waals surface area contributed by atoms with Crippen LogP contribution in [0.3, 0.4) is 0 Å². The van der Waals surface area contributed by atoms with Gasteiger partial charge in [0.15, 0.2) is 6.29 Å². The highest BCUT2D eigenvalue weighted by Crippen LogP contribution is 2.59. The summed E-state index contributed by atoms with van der Waals surface area (Å²) in [5, 5.41) is 0. The Morgan fingerprint density at radius 2 is 1.71 bits per heavy atom. The summed E-state index contributed by atoms with van der Waals surface area (Å²) in [6.07, 6.45) is 1.11. The Morgan fingerprint density at radius 1 is 1.05 bits per heavy atom. The lowest BCUT2D eigenvalue weighted by Crippen LogP contribution is -2.65. The summed E-state index contributed by atoms with van der Waals surface area (Å²) in [6.45, 7) is 13.5. The maximum Gasteiger partial charge on any atom is 0.161 e. The second kappa shape index (κ2) is 4.82. The Bertz CT molecular complexity index is 532. The van der Waals surface area contributed by atoms with Crippen molar-refractivity contribution in [3.8, 4) is 0 Å². The first-order chi connectivity index (χ1) is 9.79. The van der Waals surface area contributed by atoms with Crippen LogP contribution < -0.4 is 0 Å². The van der Waals surface area contributed by atoms with E-state index in [1.807, 2.05) is 0 Å². The molecule has 21 heavy (non-hydrogen) atoms. The lowest BCUT2D eigenvalue weighted by Gasteiger charge is -2.62. The van der Waals surface area contributed by atoms with E-state index in [1.54, 1.807) is 0 Å². The molecule has 3 rings (SSSR count). The molecule has 2 aliphatic rings. The Balaban J connectivity index is 2.06. The number of rotatable bonds is 2. The van der Waals surface area contributed by atoms with Crippen molar-refractivity contribution in [3.05, 3.63) is 35.4 Å². The van der Waals surface area contributed by atoms with Crippen LogP contribution in [0.1, 0.15) is 52.7 Å². The van der Waals surface area contributed by atoms with Gasteiger partial charge in [-0.1, -0.05) is 65.8 Å². The first kappa shape index (κ1) is 15.1. The van der Waals surface area contributed by atoms with E-state index in [0.29, 0.717) is 11.8 Å².